The SMILES string of the molecule is N#Cc1cc2c3c(c(Br)ccc3c1)C(=O)NC2=O. The number of hydrogen-bond acceptors (Lipinski definition) is 3. The molecule has 1 N–H and O–H groups in total. The van der Waals surface area contributed by atoms with Crippen LogP contribution in [0.5, 0.6) is 0 Å². The second-order valence-corrected chi connectivity index (χ2v) is 4.79. The molecule has 1 aliphatic heterocycles. The van der Waals surface area contributed by atoms with Crippen LogP contribution >= 0.6 is 15.9 Å². The Morgan fingerprint density at radius 3 is 2.67 bits per heavy atom. The molecule has 2 aromatic rings. The van der Waals surface area contributed by atoms with Crippen LogP contribution in [-0.2, 0) is 0 Å². The Balaban J connectivity index is 2.56. The largest absolute Gasteiger partial charge is 0.288 e. The first-order valence-electron chi connectivity index (χ1n) is 5.14. The smallest absolute Gasteiger partial charge is 0.259 e. The molecule has 0 unspecified atom stereocenters. The number of halogens is 1. The summed E-state index contributed by atoms with van der Waals surface area (Å²) in [5.74, 6) is -0.887. The Morgan fingerprint density at radius 2 is 1.94 bits per heavy atom. The van der Waals surface area contributed by atoms with Crippen molar-refractivity contribution in [3.05, 3.63) is 45.4 Å². The summed E-state index contributed by atoms with van der Waals surface area (Å²) in [7, 11) is 0. The first-order valence-corrected chi connectivity index (χ1v) is 5.93. The van der Waals surface area contributed by atoms with Gasteiger partial charge < -0.3 is 0 Å². The van der Waals surface area contributed by atoms with Gasteiger partial charge in [0.15, 0.2) is 0 Å². The van der Waals surface area contributed by atoms with E-state index in [1.54, 1.807) is 18.2 Å². The van der Waals surface area contributed by atoms with Gasteiger partial charge in [-0.2, -0.15) is 5.26 Å². The lowest BCUT2D eigenvalue weighted by molar-refractivity contribution is 0.0844. The minimum atomic E-state index is -0.465. The number of hydrogen-bond donors (Lipinski definition) is 1. The van der Waals surface area contributed by atoms with E-state index in [1.807, 2.05) is 6.07 Å². The molecule has 2 aromatic carbocycles. The monoisotopic (exact) mass is 300 g/mol. The number of amides is 2. The molecule has 4 nitrogen and oxygen atoms in total. The molecule has 86 valence electrons. The van der Waals surface area contributed by atoms with Crippen LogP contribution < -0.4 is 5.32 Å². The third kappa shape index (κ3) is 1.36. The van der Waals surface area contributed by atoms with Crippen LogP contribution in [0, 0.1) is 11.3 Å². The molecule has 3 rings (SSSR count). The van der Waals surface area contributed by atoms with Crippen LogP contribution in [0.2, 0.25) is 0 Å². The van der Waals surface area contributed by atoms with E-state index < -0.39 is 11.8 Å². The van der Waals surface area contributed by atoms with Crippen molar-refractivity contribution < 1.29 is 9.59 Å². The van der Waals surface area contributed by atoms with E-state index in [9.17, 15) is 9.59 Å². The molecule has 18 heavy (non-hydrogen) atoms. The number of rotatable bonds is 0. The summed E-state index contributed by atoms with van der Waals surface area (Å²) in [6, 6.07) is 8.69. The molecule has 0 saturated heterocycles. The number of carbonyl (C=O) groups is 2. The maximum absolute atomic E-state index is 11.8. The zero-order valence-corrected chi connectivity index (χ0v) is 10.5. The highest BCUT2D eigenvalue weighted by Gasteiger charge is 2.27. The van der Waals surface area contributed by atoms with Crippen molar-refractivity contribution in [2.75, 3.05) is 0 Å². The number of carbonyl (C=O) groups excluding carboxylic acids is 2. The van der Waals surface area contributed by atoms with Gasteiger partial charge in [0, 0.05) is 15.4 Å². The van der Waals surface area contributed by atoms with E-state index in [4.69, 9.17) is 5.26 Å². The molecule has 0 fully saturated rings. The van der Waals surface area contributed by atoms with Crippen LogP contribution in [0.4, 0.5) is 0 Å². The fourth-order valence-electron chi connectivity index (χ4n) is 2.14. The van der Waals surface area contributed by atoms with E-state index in [1.165, 1.54) is 6.07 Å². The molecule has 2 amide bonds. The molecule has 0 spiro atoms. The van der Waals surface area contributed by atoms with Crippen molar-refractivity contribution in [3.63, 3.8) is 0 Å². The Morgan fingerprint density at radius 1 is 1.17 bits per heavy atom. The maximum atomic E-state index is 11.8. The molecular weight excluding hydrogens is 296 g/mol. The number of benzene rings is 2. The van der Waals surface area contributed by atoms with Crippen molar-refractivity contribution >= 4 is 38.5 Å². The number of imide groups is 1. The summed E-state index contributed by atoms with van der Waals surface area (Å²) >= 11 is 3.30. The van der Waals surface area contributed by atoms with Gasteiger partial charge in [-0.1, -0.05) is 6.07 Å². The van der Waals surface area contributed by atoms with Gasteiger partial charge in [0.1, 0.15) is 0 Å². The molecular formula is C13H5BrN2O2. The molecule has 1 heterocycles. The lowest BCUT2D eigenvalue weighted by Crippen LogP contribution is -2.35. The fraction of sp³-hybridized carbons (Fsp3) is 0. The summed E-state index contributed by atoms with van der Waals surface area (Å²) in [5.41, 5.74) is 1.20. The average molecular weight is 301 g/mol. The van der Waals surface area contributed by atoms with Gasteiger partial charge in [0.25, 0.3) is 11.8 Å². The van der Waals surface area contributed by atoms with Crippen LogP contribution in [0.3, 0.4) is 0 Å². The quantitative estimate of drug-likeness (QED) is 0.759. The normalized spacial score (nSPS) is 13.3. The van der Waals surface area contributed by atoms with Crippen LogP contribution in [-0.4, -0.2) is 11.8 Å². The van der Waals surface area contributed by atoms with Crippen LogP contribution in [0.25, 0.3) is 10.8 Å². The van der Waals surface area contributed by atoms with Crippen molar-refractivity contribution in [1.29, 1.82) is 5.26 Å². The molecule has 0 saturated carbocycles. The summed E-state index contributed by atoms with van der Waals surface area (Å²) in [6.45, 7) is 0. The number of nitrogens with one attached hydrogen (secondary N) is 1. The summed E-state index contributed by atoms with van der Waals surface area (Å²) in [5, 5.41) is 12.5. The molecule has 0 aromatic heterocycles. The van der Waals surface area contributed by atoms with Crippen LogP contribution in [0.15, 0.2) is 28.7 Å². The highest BCUT2D eigenvalue weighted by molar-refractivity contribution is 9.10. The summed E-state index contributed by atoms with van der Waals surface area (Å²) in [6.07, 6.45) is 0. The highest BCUT2D eigenvalue weighted by atomic mass is 79.9. The number of nitriles is 1. The minimum Gasteiger partial charge on any atom is -0.288 e. The third-order valence-corrected chi connectivity index (χ3v) is 3.56. The lowest BCUT2D eigenvalue weighted by atomic mass is 9.93. The van der Waals surface area contributed by atoms with Gasteiger partial charge >= 0.3 is 0 Å². The van der Waals surface area contributed by atoms with E-state index in [0.29, 0.717) is 31.9 Å². The van der Waals surface area contributed by atoms with Gasteiger partial charge in [0.2, 0.25) is 0 Å². The Labute approximate surface area is 110 Å². The molecule has 0 aliphatic carbocycles. The van der Waals surface area contributed by atoms with Crippen molar-refractivity contribution in [1.82, 2.24) is 5.32 Å². The van der Waals surface area contributed by atoms with Gasteiger partial charge in [-0.3, -0.25) is 14.9 Å². The standard InChI is InChI=1S/C13H5BrN2O2/c14-9-2-1-7-3-6(5-15)4-8-10(7)11(9)13(18)16-12(8)17/h1-4H,(H,16,17,18). The topological polar surface area (TPSA) is 70.0 Å². The van der Waals surface area contributed by atoms with E-state index in [0.717, 1.165) is 0 Å². The van der Waals surface area contributed by atoms with Gasteiger partial charge in [-0.05, 0) is 39.5 Å². The van der Waals surface area contributed by atoms with Gasteiger partial charge in [0.05, 0.1) is 17.2 Å². The molecule has 0 bridgehead atoms. The first-order chi connectivity index (χ1) is 8.61. The molecule has 0 radical (unpaired) electrons. The zero-order chi connectivity index (χ0) is 12.9. The fourth-order valence-corrected chi connectivity index (χ4v) is 2.65. The molecule has 5 heteroatoms. The number of nitrogens with zero attached hydrogens (tertiary/aromatic N) is 1. The third-order valence-electron chi connectivity index (χ3n) is 2.89. The predicted molar refractivity (Wildman–Crippen MR) is 68.2 cm³/mol. The Bertz CT molecular complexity index is 775. The highest BCUT2D eigenvalue weighted by Crippen LogP contribution is 2.32. The zero-order valence-electron chi connectivity index (χ0n) is 8.95. The Kier molecular flexibility index (Phi) is 2.22. The second-order valence-electron chi connectivity index (χ2n) is 3.94. The van der Waals surface area contributed by atoms with E-state index in [-0.39, 0.29) is 0 Å². The second kappa shape index (κ2) is 3.65. The summed E-state index contributed by atoms with van der Waals surface area (Å²) < 4.78 is 0.631. The Hall–Kier alpha value is -2.19. The van der Waals surface area contributed by atoms with Crippen LogP contribution in [0.1, 0.15) is 26.3 Å². The van der Waals surface area contributed by atoms with Crippen molar-refractivity contribution in [2.24, 2.45) is 0 Å². The molecule has 1 aliphatic rings. The van der Waals surface area contributed by atoms with Gasteiger partial charge in [-0.25, -0.2) is 0 Å². The van der Waals surface area contributed by atoms with E-state index in [2.05, 4.69) is 21.2 Å². The predicted octanol–water partition coefficient (Wildman–Crippen LogP) is 2.36. The maximum Gasteiger partial charge on any atom is 0.259 e. The van der Waals surface area contributed by atoms with Gasteiger partial charge in [-0.15, -0.1) is 0 Å². The lowest BCUT2D eigenvalue weighted by Gasteiger charge is -2.17. The molecule has 0 atom stereocenters. The minimum absolute atomic E-state index is 0.361. The first kappa shape index (κ1) is 10.9. The average Bonchev–Trinajstić information content (AvgIpc) is 2.36. The van der Waals surface area contributed by atoms with Crippen molar-refractivity contribution in [3.8, 4) is 6.07 Å². The van der Waals surface area contributed by atoms with E-state index >= 15 is 0 Å². The summed E-state index contributed by atoms with van der Waals surface area (Å²) in [4.78, 5) is 23.6. The van der Waals surface area contributed by atoms with Crippen molar-refractivity contribution in [2.45, 2.75) is 0 Å².